The molecule has 0 aromatic heterocycles. The lowest BCUT2D eigenvalue weighted by Gasteiger charge is -2.36. The van der Waals surface area contributed by atoms with Crippen LogP contribution < -0.4 is 13.9 Å². The van der Waals surface area contributed by atoms with Gasteiger partial charge in [-0.15, -0.1) is 0 Å². The first-order chi connectivity index (χ1) is 19.0. The molecule has 1 saturated heterocycles. The molecule has 7 nitrogen and oxygen atoms in total. The van der Waals surface area contributed by atoms with Crippen molar-refractivity contribution in [2.75, 3.05) is 42.5 Å². The Morgan fingerprint density at radius 2 is 1.44 bits per heavy atom. The van der Waals surface area contributed by atoms with Gasteiger partial charge in [0.2, 0.25) is 0 Å². The normalized spacial score (nSPS) is 13.7. The van der Waals surface area contributed by atoms with E-state index in [1.807, 2.05) is 53.4 Å². The molecule has 0 radical (unpaired) electrons. The van der Waals surface area contributed by atoms with Gasteiger partial charge < -0.3 is 14.5 Å². The van der Waals surface area contributed by atoms with Crippen LogP contribution in [0.3, 0.4) is 0 Å². The van der Waals surface area contributed by atoms with Crippen molar-refractivity contribution >= 4 is 27.3 Å². The summed E-state index contributed by atoms with van der Waals surface area (Å²) in [6.07, 6.45) is 0. The number of sulfonamides is 1. The molecule has 4 aromatic carbocycles. The maximum atomic E-state index is 13.8. The molecule has 5 rings (SSSR count). The van der Waals surface area contributed by atoms with E-state index in [1.165, 1.54) is 17.5 Å². The third-order valence-electron chi connectivity index (χ3n) is 6.89. The van der Waals surface area contributed by atoms with E-state index < -0.39 is 10.0 Å². The fourth-order valence-corrected chi connectivity index (χ4v) is 6.20. The van der Waals surface area contributed by atoms with Gasteiger partial charge in [0.05, 0.1) is 24.2 Å². The highest BCUT2D eigenvalue weighted by molar-refractivity contribution is 7.92. The highest BCUT2D eigenvalue weighted by Gasteiger charge is 2.27. The van der Waals surface area contributed by atoms with E-state index in [0.717, 1.165) is 24.3 Å². The van der Waals surface area contributed by atoms with Crippen LogP contribution in [0.1, 0.15) is 15.9 Å². The predicted molar refractivity (Wildman–Crippen MR) is 154 cm³/mol. The smallest absolute Gasteiger partial charge is 0.264 e. The van der Waals surface area contributed by atoms with Crippen molar-refractivity contribution in [3.8, 4) is 5.75 Å². The monoisotopic (exact) mass is 541 g/mol. The van der Waals surface area contributed by atoms with Crippen molar-refractivity contribution in [3.63, 3.8) is 0 Å². The number of para-hydroxylation sites is 1. The van der Waals surface area contributed by atoms with Crippen molar-refractivity contribution in [1.82, 2.24) is 4.90 Å². The second-order valence-electron chi connectivity index (χ2n) is 9.34. The number of hydrogen-bond acceptors (Lipinski definition) is 5. The van der Waals surface area contributed by atoms with Gasteiger partial charge in [-0.1, -0.05) is 54.6 Å². The van der Waals surface area contributed by atoms with E-state index in [1.54, 1.807) is 42.5 Å². The summed E-state index contributed by atoms with van der Waals surface area (Å²) < 4.78 is 34.2. The molecule has 200 valence electrons. The van der Waals surface area contributed by atoms with Gasteiger partial charge in [0.1, 0.15) is 5.75 Å². The molecule has 0 saturated carbocycles. The molecular formula is C31H31N3O4S. The molecule has 1 aliphatic rings. The molecule has 39 heavy (non-hydrogen) atoms. The lowest BCUT2D eigenvalue weighted by atomic mass is 10.1. The molecular weight excluding hydrogens is 510 g/mol. The Kier molecular flexibility index (Phi) is 7.84. The standard InChI is InChI=1S/C31H31N3O4S/c1-38-29-13-8-14-30(23-29)39(36,37)34(24-25-9-4-2-5-10-25)28-17-15-26(16-18-28)31(35)33-21-19-32(20-22-33)27-11-6-3-7-12-27/h2-18,23H,19-22,24H2,1H3. The van der Waals surface area contributed by atoms with Crippen LogP contribution in [0.5, 0.6) is 5.75 Å². The molecule has 1 aliphatic heterocycles. The topological polar surface area (TPSA) is 70.2 Å². The summed E-state index contributed by atoms with van der Waals surface area (Å²) in [5, 5.41) is 0. The van der Waals surface area contributed by atoms with Gasteiger partial charge in [-0.05, 0) is 54.1 Å². The second-order valence-corrected chi connectivity index (χ2v) is 11.2. The van der Waals surface area contributed by atoms with Crippen LogP contribution in [0.4, 0.5) is 11.4 Å². The minimum Gasteiger partial charge on any atom is -0.497 e. The summed E-state index contributed by atoms with van der Waals surface area (Å²) in [6.45, 7) is 2.92. The molecule has 0 spiro atoms. The highest BCUT2D eigenvalue weighted by Crippen LogP contribution is 2.28. The maximum absolute atomic E-state index is 13.8. The summed E-state index contributed by atoms with van der Waals surface area (Å²) in [7, 11) is -2.41. The number of piperazine rings is 1. The van der Waals surface area contributed by atoms with Gasteiger partial charge in [0.25, 0.3) is 15.9 Å². The largest absolute Gasteiger partial charge is 0.497 e. The van der Waals surface area contributed by atoms with Crippen LogP contribution in [0, 0.1) is 0 Å². The quantitative estimate of drug-likeness (QED) is 0.312. The zero-order valence-electron chi connectivity index (χ0n) is 21.8. The molecule has 0 N–H and O–H groups in total. The second kappa shape index (κ2) is 11.6. The average molecular weight is 542 g/mol. The van der Waals surface area contributed by atoms with Crippen molar-refractivity contribution in [2.24, 2.45) is 0 Å². The zero-order chi connectivity index (χ0) is 27.2. The molecule has 1 amide bonds. The van der Waals surface area contributed by atoms with Crippen molar-refractivity contribution in [1.29, 1.82) is 0 Å². The number of carbonyl (C=O) groups is 1. The lowest BCUT2D eigenvalue weighted by molar-refractivity contribution is 0.0747. The molecule has 8 heteroatoms. The van der Waals surface area contributed by atoms with Crippen molar-refractivity contribution < 1.29 is 17.9 Å². The summed E-state index contributed by atoms with van der Waals surface area (Å²) in [6, 6.07) is 32.9. The Hall–Kier alpha value is -4.30. The summed E-state index contributed by atoms with van der Waals surface area (Å²) >= 11 is 0. The van der Waals surface area contributed by atoms with Crippen LogP contribution in [0.25, 0.3) is 0 Å². The van der Waals surface area contributed by atoms with Crippen LogP contribution in [-0.2, 0) is 16.6 Å². The summed E-state index contributed by atoms with van der Waals surface area (Å²) in [5.74, 6) is 0.406. The Balaban J connectivity index is 1.36. The fourth-order valence-electron chi connectivity index (χ4n) is 4.71. The van der Waals surface area contributed by atoms with E-state index in [0.29, 0.717) is 30.1 Å². The number of amides is 1. The van der Waals surface area contributed by atoms with Gasteiger partial charge >= 0.3 is 0 Å². The van der Waals surface area contributed by atoms with Gasteiger partial charge in [-0.2, -0.15) is 0 Å². The number of carbonyl (C=O) groups excluding carboxylic acids is 1. The summed E-state index contributed by atoms with van der Waals surface area (Å²) in [5.41, 5.74) is 3.02. The Labute approximate surface area is 229 Å². The lowest BCUT2D eigenvalue weighted by Crippen LogP contribution is -2.48. The van der Waals surface area contributed by atoms with Gasteiger partial charge in [0.15, 0.2) is 0 Å². The van der Waals surface area contributed by atoms with E-state index in [4.69, 9.17) is 4.74 Å². The van der Waals surface area contributed by atoms with Gasteiger partial charge in [0, 0.05) is 43.5 Å². The molecule has 0 unspecified atom stereocenters. The Morgan fingerprint density at radius 1 is 0.795 bits per heavy atom. The van der Waals surface area contributed by atoms with E-state index in [-0.39, 0.29) is 17.3 Å². The first-order valence-corrected chi connectivity index (χ1v) is 14.3. The van der Waals surface area contributed by atoms with E-state index in [2.05, 4.69) is 17.0 Å². The predicted octanol–water partition coefficient (Wildman–Crippen LogP) is 5.05. The number of anilines is 2. The highest BCUT2D eigenvalue weighted by atomic mass is 32.2. The molecule has 1 heterocycles. The van der Waals surface area contributed by atoms with Crippen LogP contribution >= 0.6 is 0 Å². The zero-order valence-corrected chi connectivity index (χ0v) is 22.6. The minimum absolute atomic E-state index is 0.0560. The van der Waals surface area contributed by atoms with E-state index in [9.17, 15) is 13.2 Å². The first kappa shape index (κ1) is 26.3. The van der Waals surface area contributed by atoms with Crippen molar-refractivity contribution in [2.45, 2.75) is 11.4 Å². The number of nitrogens with zero attached hydrogens (tertiary/aromatic N) is 3. The van der Waals surface area contributed by atoms with Gasteiger partial charge in [-0.3, -0.25) is 9.10 Å². The summed E-state index contributed by atoms with van der Waals surface area (Å²) in [4.78, 5) is 17.5. The SMILES string of the molecule is COc1cccc(S(=O)(=O)N(Cc2ccccc2)c2ccc(C(=O)N3CCN(c4ccccc4)CC3)cc2)c1. The van der Waals surface area contributed by atoms with Crippen LogP contribution in [-0.4, -0.2) is 52.5 Å². The number of rotatable bonds is 8. The third-order valence-corrected chi connectivity index (χ3v) is 8.66. The molecule has 0 bridgehead atoms. The third kappa shape index (κ3) is 5.91. The van der Waals surface area contributed by atoms with Crippen molar-refractivity contribution in [3.05, 3.63) is 120 Å². The number of hydrogen-bond donors (Lipinski definition) is 0. The molecule has 0 atom stereocenters. The minimum atomic E-state index is -3.92. The molecule has 1 fully saturated rings. The average Bonchev–Trinajstić information content (AvgIpc) is 3.00. The van der Waals surface area contributed by atoms with Gasteiger partial charge in [-0.25, -0.2) is 8.42 Å². The Morgan fingerprint density at radius 3 is 2.08 bits per heavy atom. The van der Waals surface area contributed by atoms with Crippen LogP contribution in [0.2, 0.25) is 0 Å². The number of methoxy groups -OCH3 is 1. The van der Waals surface area contributed by atoms with Crippen LogP contribution in [0.15, 0.2) is 114 Å². The van der Waals surface area contributed by atoms with E-state index >= 15 is 0 Å². The molecule has 4 aromatic rings. The molecule has 0 aliphatic carbocycles. The Bertz CT molecular complexity index is 1500. The number of ether oxygens (including phenoxy) is 1. The fraction of sp³-hybridized carbons (Fsp3) is 0.194. The first-order valence-electron chi connectivity index (χ1n) is 12.9. The maximum Gasteiger partial charge on any atom is 0.264 e. The number of benzene rings is 4.